The van der Waals surface area contributed by atoms with Crippen molar-refractivity contribution >= 4 is 23.1 Å². The van der Waals surface area contributed by atoms with Crippen LogP contribution in [-0.2, 0) is 0 Å². The van der Waals surface area contributed by atoms with Crippen LogP contribution in [0.3, 0.4) is 0 Å². The molecule has 8 heteroatoms. The van der Waals surface area contributed by atoms with Crippen LogP contribution in [0, 0.1) is 25.2 Å². The maximum Gasteiger partial charge on any atom is 0.273 e. The van der Waals surface area contributed by atoms with Crippen molar-refractivity contribution < 1.29 is 4.79 Å². The molecule has 1 amide bonds. The van der Waals surface area contributed by atoms with Gasteiger partial charge in [-0.2, -0.15) is 10.4 Å². The van der Waals surface area contributed by atoms with E-state index < -0.39 is 0 Å². The van der Waals surface area contributed by atoms with Gasteiger partial charge in [-0.3, -0.25) is 4.79 Å². The molecule has 0 aromatic carbocycles. The summed E-state index contributed by atoms with van der Waals surface area (Å²) in [5.74, 6) is 0.559. The normalized spacial score (nSPS) is 17.7. The van der Waals surface area contributed by atoms with Gasteiger partial charge < -0.3 is 9.80 Å². The number of piperazine rings is 1. The molecule has 2 aromatic rings. The Balaban J connectivity index is 1.80. The standard InChI is InChI=1S/C16H18N6OS/c1-10-7-21(15-13(6-17)11(2)12(3)19-20-15)4-5-22(10)16(23)14-8-24-9-18-14/h8-10H,4-5,7H2,1-3H3/t10-/m0/s1. The molecule has 1 atom stereocenters. The van der Waals surface area contributed by atoms with Crippen LogP contribution >= 0.6 is 11.3 Å². The van der Waals surface area contributed by atoms with Crippen LogP contribution < -0.4 is 4.90 Å². The van der Waals surface area contributed by atoms with E-state index in [-0.39, 0.29) is 11.9 Å². The summed E-state index contributed by atoms with van der Waals surface area (Å²) in [7, 11) is 0. The number of aryl methyl sites for hydroxylation is 1. The van der Waals surface area contributed by atoms with Crippen molar-refractivity contribution in [1.29, 1.82) is 5.26 Å². The van der Waals surface area contributed by atoms with Crippen molar-refractivity contribution in [3.05, 3.63) is 33.4 Å². The molecule has 0 radical (unpaired) electrons. The summed E-state index contributed by atoms with van der Waals surface area (Å²) in [6.07, 6.45) is 0. The number of rotatable bonds is 2. The molecule has 2 aromatic heterocycles. The van der Waals surface area contributed by atoms with Gasteiger partial charge >= 0.3 is 0 Å². The number of thiazole rings is 1. The lowest BCUT2D eigenvalue weighted by Crippen LogP contribution is -2.54. The lowest BCUT2D eigenvalue weighted by molar-refractivity contribution is 0.0668. The molecule has 3 heterocycles. The highest BCUT2D eigenvalue weighted by Gasteiger charge is 2.31. The van der Waals surface area contributed by atoms with E-state index >= 15 is 0 Å². The molecule has 0 aliphatic carbocycles. The first-order chi connectivity index (χ1) is 11.5. The zero-order chi connectivity index (χ0) is 17.3. The minimum Gasteiger partial charge on any atom is -0.350 e. The van der Waals surface area contributed by atoms with Gasteiger partial charge in [0.15, 0.2) is 5.82 Å². The zero-order valence-corrected chi connectivity index (χ0v) is 14.7. The van der Waals surface area contributed by atoms with Gasteiger partial charge in [-0.1, -0.05) is 0 Å². The quantitative estimate of drug-likeness (QED) is 0.827. The fourth-order valence-electron chi connectivity index (χ4n) is 2.87. The molecule has 0 spiro atoms. The van der Waals surface area contributed by atoms with Crippen LogP contribution in [0.1, 0.15) is 34.2 Å². The van der Waals surface area contributed by atoms with E-state index in [0.29, 0.717) is 36.7 Å². The molecular formula is C16H18N6OS. The average Bonchev–Trinajstić information content (AvgIpc) is 3.11. The third-order valence-corrected chi connectivity index (χ3v) is 4.97. The molecule has 1 aliphatic rings. The van der Waals surface area contributed by atoms with Gasteiger partial charge in [-0.15, -0.1) is 16.4 Å². The van der Waals surface area contributed by atoms with Gasteiger partial charge in [0.25, 0.3) is 5.91 Å². The maximum absolute atomic E-state index is 12.5. The molecule has 7 nitrogen and oxygen atoms in total. The van der Waals surface area contributed by atoms with E-state index in [1.165, 1.54) is 11.3 Å². The summed E-state index contributed by atoms with van der Waals surface area (Å²) in [6.45, 7) is 7.53. The molecule has 3 rings (SSSR count). The second-order valence-electron chi connectivity index (χ2n) is 5.89. The van der Waals surface area contributed by atoms with Crippen LogP contribution in [0.25, 0.3) is 0 Å². The Morgan fingerprint density at radius 3 is 2.79 bits per heavy atom. The van der Waals surface area contributed by atoms with Gasteiger partial charge in [-0.05, 0) is 26.3 Å². The van der Waals surface area contributed by atoms with E-state index in [1.54, 1.807) is 10.9 Å². The Labute approximate surface area is 144 Å². The highest BCUT2D eigenvalue weighted by molar-refractivity contribution is 7.07. The van der Waals surface area contributed by atoms with Crippen LogP contribution in [-0.4, -0.2) is 51.7 Å². The molecule has 0 bridgehead atoms. The average molecular weight is 342 g/mol. The van der Waals surface area contributed by atoms with Crippen molar-refractivity contribution in [3.63, 3.8) is 0 Å². The molecule has 0 saturated carbocycles. The summed E-state index contributed by atoms with van der Waals surface area (Å²) in [6, 6.07) is 2.24. The fourth-order valence-corrected chi connectivity index (χ4v) is 3.39. The van der Waals surface area contributed by atoms with Crippen molar-refractivity contribution in [3.8, 4) is 6.07 Å². The number of aromatic nitrogens is 3. The first kappa shape index (κ1) is 16.3. The topological polar surface area (TPSA) is 86.0 Å². The molecule has 1 fully saturated rings. The van der Waals surface area contributed by atoms with Gasteiger partial charge in [0.1, 0.15) is 17.3 Å². The SMILES string of the molecule is Cc1nnc(N2CCN(C(=O)c3cscn3)[C@@H](C)C2)c(C#N)c1C. The van der Waals surface area contributed by atoms with Crippen molar-refractivity contribution in [2.24, 2.45) is 0 Å². The third-order valence-electron chi connectivity index (χ3n) is 4.39. The minimum atomic E-state index is -0.0462. The van der Waals surface area contributed by atoms with E-state index in [1.807, 2.05) is 30.6 Å². The van der Waals surface area contributed by atoms with E-state index in [2.05, 4.69) is 21.3 Å². The lowest BCUT2D eigenvalue weighted by Gasteiger charge is -2.40. The molecule has 0 unspecified atom stereocenters. The second-order valence-corrected chi connectivity index (χ2v) is 6.61. The highest BCUT2D eigenvalue weighted by atomic mass is 32.1. The van der Waals surface area contributed by atoms with Crippen LogP contribution in [0.2, 0.25) is 0 Å². The summed E-state index contributed by atoms with van der Waals surface area (Å²) in [5.41, 5.74) is 4.34. The van der Waals surface area contributed by atoms with Gasteiger partial charge in [-0.25, -0.2) is 4.98 Å². The van der Waals surface area contributed by atoms with Crippen LogP contribution in [0.4, 0.5) is 5.82 Å². The monoisotopic (exact) mass is 342 g/mol. The number of carbonyl (C=O) groups excluding carboxylic acids is 1. The molecule has 1 saturated heterocycles. The van der Waals surface area contributed by atoms with Crippen molar-refractivity contribution in [1.82, 2.24) is 20.1 Å². The Hall–Kier alpha value is -2.53. The second kappa shape index (κ2) is 6.53. The van der Waals surface area contributed by atoms with Gasteiger partial charge in [0.05, 0.1) is 11.2 Å². The Morgan fingerprint density at radius 2 is 2.17 bits per heavy atom. The first-order valence-corrected chi connectivity index (χ1v) is 8.65. The fraction of sp³-hybridized carbons (Fsp3) is 0.438. The Morgan fingerprint density at radius 1 is 1.38 bits per heavy atom. The zero-order valence-electron chi connectivity index (χ0n) is 13.9. The van der Waals surface area contributed by atoms with Crippen LogP contribution in [0.15, 0.2) is 10.9 Å². The minimum absolute atomic E-state index is 0.00269. The Bertz CT molecular complexity index is 798. The number of hydrogen-bond acceptors (Lipinski definition) is 7. The number of anilines is 1. The first-order valence-electron chi connectivity index (χ1n) is 7.71. The summed E-state index contributed by atoms with van der Waals surface area (Å²) in [4.78, 5) is 20.5. The molecule has 1 aliphatic heterocycles. The Kier molecular flexibility index (Phi) is 4.44. The maximum atomic E-state index is 12.5. The van der Waals surface area contributed by atoms with E-state index in [9.17, 15) is 10.1 Å². The predicted molar refractivity (Wildman–Crippen MR) is 91.0 cm³/mol. The summed E-state index contributed by atoms with van der Waals surface area (Å²) in [5, 5.41) is 19.6. The van der Waals surface area contributed by atoms with Gasteiger partial charge in [0.2, 0.25) is 0 Å². The smallest absolute Gasteiger partial charge is 0.273 e. The predicted octanol–water partition coefficient (Wildman–Crippen LogP) is 1.77. The third kappa shape index (κ3) is 2.83. The van der Waals surface area contributed by atoms with Crippen molar-refractivity contribution in [2.45, 2.75) is 26.8 Å². The largest absolute Gasteiger partial charge is 0.350 e. The summed E-state index contributed by atoms with van der Waals surface area (Å²) < 4.78 is 0. The van der Waals surface area contributed by atoms with E-state index in [0.717, 1.165) is 11.3 Å². The summed E-state index contributed by atoms with van der Waals surface area (Å²) >= 11 is 1.42. The number of nitrogens with zero attached hydrogens (tertiary/aromatic N) is 6. The highest BCUT2D eigenvalue weighted by Crippen LogP contribution is 2.24. The number of hydrogen-bond donors (Lipinski definition) is 0. The molecule has 124 valence electrons. The molecule has 0 N–H and O–H groups in total. The lowest BCUT2D eigenvalue weighted by atomic mass is 10.1. The molecule has 24 heavy (non-hydrogen) atoms. The number of carbonyl (C=O) groups is 1. The molecular weight excluding hydrogens is 324 g/mol. The van der Waals surface area contributed by atoms with Crippen molar-refractivity contribution in [2.75, 3.05) is 24.5 Å². The number of amides is 1. The van der Waals surface area contributed by atoms with E-state index in [4.69, 9.17) is 0 Å². The van der Waals surface area contributed by atoms with Crippen LogP contribution in [0.5, 0.6) is 0 Å². The number of nitriles is 1. The van der Waals surface area contributed by atoms with Gasteiger partial charge in [0, 0.05) is 31.1 Å².